The van der Waals surface area contributed by atoms with Gasteiger partial charge in [-0.1, -0.05) is 20.8 Å². The molecule has 0 rings (SSSR count). The first-order chi connectivity index (χ1) is 4.83. The van der Waals surface area contributed by atoms with Crippen LogP contribution in [0.4, 0.5) is 0 Å². The molecule has 0 radical (unpaired) electrons. The molecule has 0 N–H and O–H groups in total. The monoisotopic (exact) mass is 158 g/mol. The van der Waals surface area contributed by atoms with Crippen LogP contribution in [0.25, 0.3) is 0 Å². The summed E-state index contributed by atoms with van der Waals surface area (Å²) < 4.78 is 5.65. The van der Waals surface area contributed by atoms with Crippen LogP contribution in [0.2, 0.25) is 0 Å². The summed E-state index contributed by atoms with van der Waals surface area (Å²) in [6.45, 7) is 13.9. The molecule has 1 unspecified atom stereocenters. The molecular weight excluding hydrogens is 136 g/mol. The van der Waals surface area contributed by atoms with Crippen LogP contribution in [0.15, 0.2) is 0 Å². The summed E-state index contributed by atoms with van der Waals surface area (Å²) in [5, 5.41) is 0. The van der Waals surface area contributed by atoms with Gasteiger partial charge >= 0.3 is 0 Å². The maximum atomic E-state index is 5.65. The van der Waals surface area contributed by atoms with Gasteiger partial charge in [0.1, 0.15) is 0 Å². The van der Waals surface area contributed by atoms with Crippen LogP contribution in [0.3, 0.4) is 0 Å². The lowest BCUT2D eigenvalue weighted by Crippen LogP contribution is -2.24. The van der Waals surface area contributed by atoms with Crippen molar-refractivity contribution in [3.05, 3.63) is 0 Å². The zero-order valence-corrected chi connectivity index (χ0v) is 8.77. The van der Waals surface area contributed by atoms with E-state index in [0.717, 1.165) is 12.5 Å². The lowest BCUT2D eigenvalue weighted by molar-refractivity contribution is -0.0262. The minimum Gasteiger partial charge on any atom is -0.376 e. The molecule has 0 saturated carbocycles. The van der Waals surface area contributed by atoms with Crippen molar-refractivity contribution in [3.63, 3.8) is 0 Å². The van der Waals surface area contributed by atoms with Gasteiger partial charge in [-0.3, -0.25) is 0 Å². The highest BCUT2D eigenvalue weighted by Crippen LogP contribution is 2.14. The van der Waals surface area contributed by atoms with E-state index in [2.05, 4.69) is 41.5 Å². The first-order valence-corrected chi connectivity index (χ1v) is 4.47. The molecule has 0 spiro atoms. The fourth-order valence-corrected chi connectivity index (χ4v) is 0.574. The van der Waals surface area contributed by atoms with Crippen molar-refractivity contribution >= 4 is 0 Å². The summed E-state index contributed by atoms with van der Waals surface area (Å²) in [6, 6.07) is 0. The van der Waals surface area contributed by atoms with Crippen molar-refractivity contribution in [1.29, 1.82) is 0 Å². The molecule has 11 heavy (non-hydrogen) atoms. The van der Waals surface area contributed by atoms with Crippen molar-refractivity contribution in [3.8, 4) is 0 Å². The van der Waals surface area contributed by atoms with Gasteiger partial charge in [0.05, 0.1) is 12.2 Å². The fraction of sp³-hybridized carbons (Fsp3) is 1.00. The highest BCUT2D eigenvalue weighted by atomic mass is 16.5. The molecule has 0 bridgehead atoms. The van der Waals surface area contributed by atoms with E-state index < -0.39 is 0 Å². The largest absolute Gasteiger partial charge is 0.376 e. The molecule has 0 aliphatic rings. The third kappa shape index (κ3) is 6.36. The maximum Gasteiger partial charge on any atom is 0.0598 e. The van der Waals surface area contributed by atoms with Crippen molar-refractivity contribution in [1.82, 2.24) is 0 Å². The van der Waals surface area contributed by atoms with E-state index in [1.54, 1.807) is 0 Å². The summed E-state index contributed by atoms with van der Waals surface area (Å²) in [6.07, 6.45) is 0. The van der Waals surface area contributed by atoms with Crippen molar-refractivity contribution in [2.75, 3.05) is 6.61 Å². The van der Waals surface area contributed by atoms with E-state index in [9.17, 15) is 0 Å². The molecule has 68 valence electrons. The topological polar surface area (TPSA) is 9.23 Å². The normalized spacial score (nSPS) is 15.5. The first-order valence-electron chi connectivity index (χ1n) is 4.47. The Balaban J connectivity index is 3.54. The number of rotatable bonds is 3. The number of ether oxygens (including phenoxy) is 1. The van der Waals surface area contributed by atoms with E-state index in [-0.39, 0.29) is 5.60 Å². The van der Waals surface area contributed by atoms with Gasteiger partial charge in [0, 0.05) is 0 Å². The Hall–Kier alpha value is -0.0400. The number of hydrogen-bond acceptors (Lipinski definition) is 1. The van der Waals surface area contributed by atoms with Gasteiger partial charge in [-0.15, -0.1) is 0 Å². The minimum atomic E-state index is 0.0170. The summed E-state index contributed by atoms with van der Waals surface area (Å²) >= 11 is 0. The predicted molar refractivity (Wildman–Crippen MR) is 49.7 cm³/mol. The third-order valence-corrected chi connectivity index (χ3v) is 1.92. The molecule has 0 aromatic rings. The van der Waals surface area contributed by atoms with Gasteiger partial charge < -0.3 is 4.74 Å². The molecule has 0 heterocycles. The Morgan fingerprint density at radius 1 is 1.09 bits per heavy atom. The molecule has 1 heteroatoms. The van der Waals surface area contributed by atoms with Crippen LogP contribution in [0, 0.1) is 11.8 Å². The van der Waals surface area contributed by atoms with Gasteiger partial charge in [-0.25, -0.2) is 0 Å². The minimum absolute atomic E-state index is 0.0170. The van der Waals surface area contributed by atoms with Crippen LogP contribution in [0.5, 0.6) is 0 Å². The van der Waals surface area contributed by atoms with Crippen molar-refractivity contribution in [2.45, 2.75) is 47.1 Å². The highest BCUT2D eigenvalue weighted by molar-refractivity contribution is 4.62. The summed E-state index contributed by atoms with van der Waals surface area (Å²) in [5.74, 6) is 1.38. The zero-order valence-electron chi connectivity index (χ0n) is 8.77. The van der Waals surface area contributed by atoms with Crippen LogP contribution in [-0.2, 0) is 4.74 Å². The summed E-state index contributed by atoms with van der Waals surface area (Å²) in [4.78, 5) is 0. The van der Waals surface area contributed by atoms with Crippen molar-refractivity contribution < 1.29 is 4.74 Å². The smallest absolute Gasteiger partial charge is 0.0598 e. The van der Waals surface area contributed by atoms with E-state index in [1.807, 2.05) is 0 Å². The SMILES string of the molecule is CC(C)C(C)COC(C)(C)C. The molecule has 1 atom stereocenters. The molecular formula is C10H22O. The van der Waals surface area contributed by atoms with Gasteiger partial charge in [-0.2, -0.15) is 0 Å². The third-order valence-electron chi connectivity index (χ3n) is 1.92. The summed E-state index contributed by atoms with van der Waals surface area (Å²) in [7, 11) is 0. The van der Waals surface area contributed by atoms with E-state index in [1.165, 1.54) is 0 Å². The van der Waals surface area contributed by atoms with Gasteiger partial charge in [-0.05, 0) is 32.6 Å². The molecule has 0 saturated heterocycles. The van der Waals surface area contributed by atoms with E-state index in [4.69, 9.17) is 4.74 Å². The van der Waals surface area contributed by atoms with Crippen LogP contribution >= 0.6 is 0 Å². The lowest BCUT2D eigenvalue weighted by atomic mass is 9.99. The fourth-order valence-electron chi connectivity index (χ4n) is 0.574. The summed E-state index contributed by atoms with van der Waals surface area (Å²) in [5.41, 5.74) is 0.0170. The molecule has 0 fully saturated rings. The quantitative estimate of drug-likeness (QED) is 0.613. The van der Waals surface area contributed by atoms with E-state index in [0.29, 0.717) is 5.92 Å². The van der Waals surface area contributed by atoms with Gasteiger partial charge in [0.15, 0.2) is 0 Å². The molecule has 0 aromatic carbocycles. The van der Waals surface area contributed by atoms with Crippen molar-refractivity contribution in [2.24, 2.45) is 11.8 Å². The molecule has 1 nitrogen and oxygen atoms in total. The second-order valence-electron chi connectivity index (χ2n) is 4.64. The van der Waals surface area contributed by atoms with Gasteiger partial charge in [0.25, 0.3) is 0 Å². The number of hydrogen-bond donors (Lipinski definition) is 0. The first kappa shape index (κ1) is 11.0. The predicted octanol–water partition coefficient (Wildman–Crippen LogP) is 3.09. The average molecular weight is 158 g/mol. The Kier molecular flexibility index (Phi) is 4.09. The average Bonchev–Trinajstić information content (AvgIpc) is 1.80. The van der Waals surface area contributed by atoms with Crippen LogP contribution in [0.1, 0.15) is 41.5 Å². The standard InChI is InChI=1S/C10H22O/c1-8(2)9(3)7-11-10(4,5)6/h8-9H,7H2,1-6H3. The van der Waals surface area contributed by atoms with Crippen LogP contribution in [-0.4, -0.2) is 12.2 Å². The lowest BCUT2D eigenvalue weighted by Gasteiger charge is -2.24. The second kappa shape index (κ2) is 4.10. The highest BCUT2D eigenvalue weighted by Gasteiger charge is 2.14. The Morgan fingerprint density at radius 2 is 1.55 bits per heavy atom. The Morgan fingerprint density at radius 3 is 1.82 bits per heavy atom. The molecule has 0 aliphatic heterocycles. The van der Waals surface area contributed by atoms with Crippen LogP contribution < -0.4 is 0 Å². The second-order valence-corrected chi connectivity index (χ2v) is 4.64. The Bertz CT molecular complexity index is 99.9. The molecule has 0 aliphatic carbocycles. The van der Waals surface area contributed by atoms with Gasteiger partial charge in [0.2, 0.25) is 0 Å². The maximum absolute atomic E-state index is 5.65. The Labute approximate surface area is 71.1 Å². The van der Waals surface area contributed by atoms with E-state index >= 15 is 0 Å². The zero-order chi connectivity index (χ0) is 9.07. The molecule has 0 aromatic heterocycles. The molecule has 0 amide bonds.